The second kappa shape index (κ2) is 6.24. The van der Waals surface area contributed by atoms with Crippen molar-refractivity contribution in [2.45, 2.75) is 26.7 Å². The van der Waals surface area contributed by atoms with E-state index in [2.05, 4.69) is 5.32 Å². The maximum absolute atomic E-state index is 12.0. The monoisotopic (exact) mass is 268 g/mol. The molecular weight excluding hydrogens is 248 g/mol. The average molecular weight is 268 g/mol. The van der Waals surface area contributed by atoms with Gasteiger partial charge in [-0.3, -0.25) is 4.79 Å². The number of aryl methyl sites for hydroxylation is 3. The first-order chi connectivity index (χ1) is 9.56. The van der Waals surface area contributed by atoms with Crippen molar-refractivity contribution in [2.24, 2.45) is 0 Å². The van der Waals surface area contributed by atoms with Crippen molar-refractivity contribution in [1.82, 2.24) is 0 Å². The van der Waals surface area contributed by atoms with Crippen molar-refractivity contribution in [1.29, 1.82) is 0 Å². The van der Waals surface area contributed by atoms with Crippen LogP contribution in [0.1, 0.15) is 23.1 Å². The Labute approximate surface area is 119 Å². The highest BCUT2D eigenvalue weighted by atomic mass is 16.1. The summed E-state index contributed by atoms with van der Waals surface area (Å²) in [5.74, 6) is 0.0288. The summed E-state index contributed by atoms with van der Waals surface area (Å²) in [6.45, 7) is 3.89. The summed E-state index contributed by atoms with van der Waals surface area (Å²) in [5, 5.41) is 2.95. The van der Waals surface area contributed by atoms with Gasteiger partial charge in [-0.25, -0.2) is 0 Å². The van der Waals surface area contributed by atoms with Crippen molar-refractivity contribution in [2.75, 3.05) is 11.1 Å². The molecule has 0 saturated carbocycles. The van der Waals surface area contributed by atoms with E-state index in [4.69, 9.17) is 5.73 Å². The van der Waals surface area contributed by atoms with Gasteiger partial charge in [-0.05, 0) is 49.1 Å². The Morgan fingerprint density at radius 2 is 1.80 bits per heavy atom. The lowest BCUT2D eigenvalue weighted by atomic mass is 10.1. The Morgan fingerprint density at radius 1 is 1.10 bits per heavy atom. The lowest BCUT2D eigenvalue weighted by Gasteiger charge is -2.11. The van der Waals surface area contributed by atoms with Crippen molar-refractivity contribution >= 4 is 17.3 Å². The lowest BCUT2D eigenvalue weighted by Crippen LogP contribution is -2.13. The van der Waals surface area contributed by atoms with Crippen LogP contribution in [0.5, 0.6) is 0 Å². The number of amides is 1. The maximum Gasteiger partial charge on any atom is 0.224 e. The molecule has 3 heteroatoms. The summed E-state index contributed by atoms with van der Waals surface area (Å²) < 4.78 is 0. The van der Waals surface area contributed by atoms with Crippen LogP contribution in [0.15, 0.2) is 42.5 Å². The molecule has 20 heavy (non-hydrogen) atoms. The van der Waals surface area contributed by atoms with Crippen LogP contribution in [0.3, 0.4) is 0 Å². The van der Waals surface area contributed by atoms with E-state index in [1.807, 2.05) is 56.3 Å². The number of rotatable bonds is 4. The highest BCUT2D eigenvalue weighted by molar-refractivity contribution is 5.92. The molecule has 0 aliphatic carbocycles. The molecule has 2 aromatic rings. The average Bonchev–Trinajstić information content (AvgIpc) is 2.44. The predicted octanol–water partition coefficient (Wildman–Crippen LogP) is 3.46. The SMILES string of the molecule is Cc1cc(NC(=O)CCc2ccccc2)c(C)cc1N. The second-order valence-corrected chi connectivity index (χ2v) is 5.06. The molecule has 0 fully saturated rings. The summed E-state index contributed by atoms with van der Waals surface area (Å²) in [7, 11) is 0. The van der Waals surface area contributed by atoms with Gasteiger partial charge in [-0.15, -0.1) is 0 Å². The third-order valence-electron chi connectivity index (χ3n) is 3.37. The van der Waals surface area contributed by atoms with E-state index in [0.29, 0.717) is 6.42 Å². The van der Waals surface area contributed by atoms with E-state index < -0.39 is 0 Å². The summed E-state index contributed by atoms with van der Waals surface area (Å²) in [5.41, 5.74) is 10.6. The van der Waals surface area contributed by atoms with Gasteiger partial charge in [-0.2, -0.15) is 0 Å². The molecule has 0 aliphatic rings. The number of carbonyl (C=O) groups is 1. The van der Waals surface area contributed by atoms with Crippen LogP contribution in [0.4, 0.5) is 11.4 Å². The summed E-state index contributed by atoms with van der Waals surface area (Å²) in [4.78, 5) is 12.0. The zero-order valence-corrected chi connectivity index (χ0v) is 11.9. The lowest BCUT2D eigenvalue weighted by molar-refractivity contribution is -0.116. The molecule has 1 amide bonds. The van der Waals surface area contributed by atoms with Crippen LogP contribution in [0.2, 0.25) is 0 Å². The van der Waals surface area contributed by atoms with E-state index in [-0.39, 0.29) is 5.91 Å². The highest BCUT2D eigenvalue weighted by Gasteiger charge is 2.07. The summed E-state index contributed by atoms with van der Waals surface area (Å²) >= 11 is 0. The van der Waals surface area contributed by atoms with Crippen molar-refractivity contribution in [3.8, 4) is 0 Å². The fourth-order valence-corrected chi connectivity index (χ4v) is 2.09. The number of hydrogen-bond donors (Lipinski definition) is 2. The first kappa shape index (κ1) is 14.1. The number of benzene rings is 2. The van der Waals surface area contributed by atoms with Crippen molar-refractivity contribution in [3.05, 3.63) is 59.2 Å². The van der Waals surface area contributed by atoms with E-state index in [1.54, 1.807) is 0 Å². The Balaban J connectivity index is 1.97. The normalized spacial score (nSPS) is 10.3. The third kappa shape index (κ3) is 3.60. The molecule has 0 spiro atoms. The van der Waals surface area contributed by atoms with E-state index in [0.717, 1.165) is 28.9 Å². The molecule has 0 heterocycles. The third-order valence-corrected chi connectivity index (χ3v) is 3.37. The van der Waals surface area contributed by atoms with Gasteiger partial charge >= 0.3 is 0 Å². The number of nitrogens with one attached hydrogen (secondary N) is 1. The minimum absolute atomic E-state index is 0.0288. The van der Waals surface area contributed by atoms with Gasteiger partial charge in [0.25, 0.3) is 0 Å². The molecule has 3 N–H and O–H groups in total. The minimum atomic E-state index is 0.0288. The molecule has 0 atom stereocenters. The van der Waals surface area contributed by atoms with Crippen LogP contribution in [-0.2, 0) is 11.2 Å². The molecule has 0 unspecified atom stereocenters. The van der Waals surface area contributed by atoms with Crippen LogP contribution in [0.25, 0.3) is 0 Å². The molecule has 0 aromatic heterocycles. The van der Waals surface area contributed by atoms with Gasteiger partial charge in [0.2, 0.25) is 5.91 Å². The standard InChI is InChI=1S/C17H20N2O/c1-12-11-16(13(2)10-15(12)18)19-17(20)9-8-14-6-4-3-5-7-14/h3-7,10-11H,8-9,18H2,1-2H3,(H,19,20). The smallest absolute Gasteiger partial charge is 0.224 e. The molecule has 3 nitrogen and oxygen atoms in total. The number of hydrogen-bond acceptors (Lipinski definition) is 2. The summed E-state index contributed by atoms with van der Waals surface area (Å²) in [6, 6.07) is 13.8. The van der Waals surface area contributed by atoms with Crippen LogP contribution in [-0.4, -0.2) is 5.91 Å². The zero-order chi connectivity index (χ0) is 14.5. The van der Waals surface area contributed by atoms with Gasteiger partial charge < -0.3 is 11.1 Å². The summed E-state index contributed by atoms with van der Waals surface area (Å²) in [6.07, 6.45) is 1.23. The van der Waals surface area contributed by atoms with E-state index in [9.17, 15) is 4.79 Å². The topological polar surface area (TPSA) is 55.1 Å². The molecule has 0 aliphatic heterocycles. The fraction of sp³-hybridized carbons (Fsp3) is 0.235. The van der Waals surface area contributed by atoms with Crippen LogP contribution in [0, 0.1) is 13.8 Å². The van der Waals surface area contributed by atoms with Gasteiger partial charge in [0.05, 0.1) is 0 Å². The molecule has 0 saturated heterocycles. The molecule has 0 bridgehead atoms. The Morgan fingerprint density at radius 3 is 2.50 bits per heavy atom. The van der Waals surface area contributed by atoms with Gasteiger partial charge in [0.15, 0.2) is 0 Å². The fourth-order valence-electron chi connectivity index (χ4n) is 2.09. The predicted molar refractivity (Wildman–Crippen MR) is 83.7 cm³/mol. The first-order valence-electron chi connectivity index (χ1n) is 6.77. The van der Waals surface area contributed by atoms with E-state index >= 15 is 0 Å². The zero-order valence-electron chi connectivity index (χ0n) is 11.9. The van der Waals surface area contributed by atoms with E-state index in [1.165, 1.54) is 5.56 Å². The minimum Gasteiger partial charge on any atom is -0.399 e. The molecular formula is C17H20N2O. The van der Waals surface area contributed by atoms with Crippen molar-refractivity contribution < 1.29 is 4.79 Å². The molecule has 0 radical (unpaired) electrons. The molecule has 2 rings (SSSR count). The quantitative estimate of drug-likeness (QED) is 0.834. The number of nitrogens with two attached hydrogens (primary N) is 1. The Hall–Kier alpha value is -2.29. The first-order valence-corrected chi connectivity index (χ1v) is 6.77. The Bertz CT molecular complexity index is 606. The van der Waals surface area contributed by atoms with Crippen LogP contribution < -0.4 is 11.1 Å². The number of anilines is 2. The largest absolute Gasteiger partial charge is 0.399 e. The van der Waals surface area contributed by atoms with Gasteiger partial charge in [-0.1, -0.05) is 30.3 Å². The second-order valence-electron chi connectivity index (χ2n) is 5.06. The number of carbonyl (C=O) groups excluding carboxylic acids is 1. The maximum atomic E-state index is 12.0. The van der Waals surface area contributed by atoms with Crippen molar-refractivity contribution in [3.63, 3.8) is 0 Å². The number of nitrogen functional groups attached to an aromatic ring is 1. The van der Waals surface area contributed by atoms with Gasteiger partial charge in [0.1, 0.15) is 0 Å². The van der Waals surface area contributed by atoms with Gasteiger partial charge in [0, 0.05) is 17.8 Å². The highest BCUT2D eigenvalue weighted by Crippen LogP contribution is 2.22. The molecule has 104 valence electrons. The van der Waals surface area contributed by atoms with Crippen LogP contribution >= 0.6 is 0 Å². The Kier molecular flexibility index (Phi) is 4.41. The molecule has 2 aromatic carbocycles.